The fourth-order valence-electron chi connectivity index (χ4n) is 5.12. The van der Waals surface area contributed by atoms with E-state index >= 15 is 0 Å². The van der Waals surface area contributed by atoms with Crippen LogP contribution in [0.4, 0.5) is 0 Å². The van der Waals surface area contributed by atoms with E-state index in [-0.39, 0.29) is 31.1 Å². The topological polar surface area (TPSA) is 69.6 Å². The van der Waals surface area contributed by atoms with Crippen LogP contribution in [-0.4, -0.2) is 60.1 Å². The lowest BCUT2D eigenvalue weighted by molar-refractivity contribution is -0.920. The number of hydrogen-bond acceptors (Lipinski definition) is 3. The van der Waals surface area contributed by atoms with E-state index in [0.29, 0.717) is 17.4 Å². The first kappa shape index (κ1) is 37.8. The van der Waals surface area contributed by atoms with Gasteiger partial charge in [0.2, 0.25) is 5.91 Å². The highest BCUT2D eigenvalue weighted by Crippen LogP contribution is 2.15. The van der Waals surface area contributed by atoms with Gasteiger partial charge < -0.3 is 32.4 Å². The monoisotopic (exact) mass is 534 g/mol. The van der Waals surface area contributed by atoms with E-state index in [1.807, 2.05) is 21.0 Å². The van der Waals surface area contributed by atoms with Crippen molar-refractivity contribution in [1.82, 2.24) is 5.32 Å². The number of carbonyl (C=O) groups excluding carboxylic acids is 1. The molecule has 6 heteroatoms. The smallest absolute Gasteiger partial charge is 0.224 e. The molecule has 2 atom stereocenters. The Kier molecular flexibility index (Phi) is 27.6. The van der Waals surface area contributed by atoms with E-state index in [1.165, 1.54) is 109 Å². The summed E-state index contributed by atoms with van der Waals surface area (Å²) in [6.07, 6.45) is 26.4. The molecule has 36 heavy (non-hydrogen) atoms. The third kappa shape index (κ3) is 22.8. The zero-order chi connectivity index (χ0) is 26.2. The summed E-state index contributed by atoms with van der Waals surface area (Å²) in [6, 6.07) is 0. The molecule has 0 saturated heterocycles. The molecule has 0 saturated carbocycles. The highest BCUT2D eigenvalue weighted by Gasteiger charge is 2.30. The number of quaternary nitrogens is 1. The summed E-state index contributed by atoms with van der Waals surface area (Å²) in [4.78, 5) is 12.4. The summed E-state index contributed by atoms with van der Waals surface area (Å²) < 4.78 is 0.475. The number of halogens is 1. The van der Waals surface area contributed by atoms with Gasteiger partial charge in [-0.1, -0.05) is 129 Å². The minimum absolute atomic E-state index is 0. The number of nitrogens with zero attached hydrogens (tertiary/aromatic N) is 1. The fourth-order valence-corrected chi connectivity index (χ4v) is 5.12. The summed E-state index contributed by atoms with van der Waals surface area (Å²) in [5.41, 5.74) is 0. The van der Waals surface area contributed by atoms with Gasteiger partial charge in [-0.25, -0.2) is 0 Å². The molecule has 0 aliphatic rings. The van der Waals surface area contributed by atoms with Gasteiger partial charge in [0.15, 0.2) is 6.17 Å². The van der Waals surface area contributed by atoms with Crippen molar-refractivity contribution >= 4 is 5.91 Å². The lowest BCUT2D eigenvalue weighted by atomic mass is 10.0. The first-order valence-electron chi connectivity index (χ1n) is 15.3. The lowest BCUT2D eigenvalue weighted by Crippen LogP contribution is -3.00. The van der Waals surface area contributed by atoms with Crippen LogP contribution in [-0.2, 0) is 4.79 Å². The van der Waals surface area contributed by atoms with Crippen LogP contribution >= 0.6 is 0 Å². The third-order valence-corrected chi connectivity index (χ3v) is 7.46. The van der Waals surface area contributed by atoms with E-state index in [9.17, 15) is 9.90 Å². The van der Waals surface area contributed by atoms with E-state index in [4.69, 9.17) is 5.11 Å². The minimum atomic E-state index is -0.754. The standard InChI is InChI=1S/C30H62N2O3.ClH/c1-5-7-8-9-10-11-12-13-14-15-16-17-18-19-20-21-22-23-24-25-30(35)31-29(6-2)32(3,4)26-28(34)27-33;/h28-29,33-34H,5-27H2,1-4H3;1H. The number of aliphatic hydroxyl groups excluding tert-OH is 2. The van der Waals surface area contributed by atoms with Gasteiger partial charge in [0, 0.05) is 12.8 Å². The molecule has 0 aromatic rings. The van der Waals surface area contributed by atoms with Crippen LogP contribution in [0.5, 0.6) is 0 Å². The van der Waals surface area contributed by atoms with Gasteiger partial charge >= 0.3 is 0 Å². The molecular weight excluding hydrogens is 472 g/mol. The number of unbranched alkanes of at least 4 members (excludes halogenated alkanes) is 18. The van der Waals surface area contributed by atoms with Crippen molar-refractivity contribution in [2.24, 2.45) is 0 Å². The molecule has 0 aromatic heterocycles. The van der Waals surface area contributed by atoms with Crippen LogP contribution in [0.1, 0.15) is 149 Å². The molecule has 1 amide bonds. The number of likely N-dealkylation sites (N-methyl/N-ethyl adjacent to an activating group) is 1. The second-order valence-corrected chi connectivity index (χ2v) is 11.4. The Morgan fingerprint density at radius 1 is 0.694 bits per heavy atom. The van der Waals surface area contributed by atoms with Gasteiger partial charge in [-0.2, -0.15) is 0 Å². The van der Waals surface area contributed by atoms with Gasteiger partial charge in [-0.05, 0) is 6.42 Å². The molecule has 0 aliphatic heterocycles. The average molecular weight is 535 g/mol. The molecule has 0 aliphatic carbocycles. The zero-order valence-electron chi connectivity index (χ0n) is 24.5. The quantitative estimate of drug-likeness (QED) is 0.0889. The van der Waals surface area contributed by atoms with E-state index < -0.39 is 6.10 Å². The normalized spacial score (nSPS) is 13.3. The lowest BCUT2D eigenvalue weighted by Gasteiger charge is -2.39. The maximum Gasteiger partial charge on any atom is 0.224 e. The minimum Gasteiger partial charge on any atom is -1.00 e. The predicted octanol–water partition coefficient (Wildman–Crippen LogP) is 4.09. The van der Waals surface area contributed by atoms with Crippen molar-refractivity contribution < 1.29 is 31.9 Å². The Labute approximate surface area is 231 Å². The molecule has 0 spiro atoms. The van der Waals surface area contributed by atoms with Crippen molar-refractivity contribution in [1.29, 1.82) is 0 Å². The number of hydrogen-bond donors (Lipinski definition) is 3. The summed E-state index contributed by atoms with van der Waals surface area (Å²) in [7, 11) is 3.98. The van der Waals surface area contributed by atoms with Crippen molar-refractivity contribution in [2.75, 3.05) is 27.2 Å². The Morgan fingerprint density at radius 3 is 1.39 bits per heavy atom. The molecule has 0 bridgehead atoms. The number of aliphatic hydroxyl groups is 2. The highest BCUT2D eigenvalue weighted by atomic mass is 35.5. The molecule has 0 radical (unpaired) electrons. The van der Waals surface area contributed by atoms with E-state index in [1.54, 1.807) is 0 Å². The third-order valence-electron chi connectivity index (χ3n) is 7.46. The Morgan fingerprint density at radius 2 is 1.06 bits per heavy atom. The van der Waals surface area contributed by atoms with Crippen molar-refractivity contribution in [3.05, 3.63) is 0 Å². The second kappa shape index (κ2) is 26.3. The summed E-state index contributed by atoms with van der Waals surface area (Å²) in [5.74, 6) is 0.105. The summed E-state index contributed by atoms with van der Waals surface area (Å²) in [5, 5.41) is 22.0. The van der Waals surface area contributed by atoms with Gasteiger partial charge in [0.05, 0.1) is 20.7 Å². The molecular formula is C30H63ClN2O3. The number of rotatable bonds is 26. The van der Waals surface area contributed by atoms with Crippen LogP contribution in [0.3, 0.4) is 0 Å². The average Bonchev–Trinajstić information content (AvgIpc) is 2.83. The molecule has 2 unspecified atom stereocenters. The Bertz CT molecular complexity index is 477. The van der Waals surface area contributed by atoms with Crippen LogP contribution in [0.2, 0.25) is 0 Å². The van der Waals surface area contributed by atoms with Gasteiger partial charge in [0.1, 0.15) is 12.6 Å². The first-order valence-corrected chi connectivity index (χ1v) is 15.3. The molecule has 218 valence electrons. The predicted molar refractivity (Wildman–Crippen MR) is 150 cm³/mol. The zero-order valence-corrected chi connectivity index (χ0v) is 25.3. The maximum absolute atomic E-state index is 12.4. The van der Waals surface area contributed by atoms with Crippen molar-refractivity contribution in [3.63, 3.8) is 0 Å². The number of amides is 1. The van der Waals surface area contributed by atoms with Crippen molar-refractivity contribution in [2.45, 2.75) is 161 Å². The first-order chi connectivity index (χ1) is 16.9. The van der Waals surface area contributed by atoms with Gasteiger partial charge in [-0.3, -0.25) is 4.79 Å². The van der Waals surface area contributed by atoms with Crippen LogP contribution in [0, 0.1) is 0 Å². The molecule has 0 fully saturated rings. The van der Waals surface area contributed by atoms with Crippen molar-refractivity contribution in [3.8, 4) is 0 Å². The van der Waals surface area contributed by atoms with Gasteiger partial charge in [0.25, 0.3) is 0 Å². The molecule has 0 rings (SSSR count). The van der Waals surface area contributed by atoms with Gasteiger partial charge in [-0.15, -0.1) is 0 Å². The molecule has 5 nitrogen and oxygen atoms in total. The number of nitrogens with one attached hydrogen (secondary N) is 1. The van der Waals surface area contributed by atoms with Crippen LogP contribution < -0.4 is 17.7 Å². The second-order valence-electron chi connectivity index (χ2n) is 11.4. The molecule has 0 aromatic carbocycles. The number of carbonyl (C=O) groups is 1. The summed E-state index contributed by atoms with van der Waals surface area (Å²) >= 11 is 0. The Hall–Kier alpha value is -0.360. The Balaban J connectivity index is 0. The van der Waals surface area contributed by atoms with E-state index in [2.05, 4.69) is 12.2 Å². The van der Waals surface area contributed by atoms with Crippen LogP contribution in [0.25, 0.3) is 0 Å². The SMILES string of the molecule is CCCCCCCCCCCCCCCCCCCCCC(=O)NC(CC)[N+](C)(C)CC(O)CO.[Cl-]. The van der Waals surface area contributed by atoms with Crippen LogP contribution in [0.15, 0.2) is 0 Å². The maximum atomic E-state index is 12.4. The molecule has 0 heterocycles. The fraction of sp³-hybridized carbons (Fsp3) is 0.967. The van der Waals surface area contributed by atoms with E-state index in [0.717, 1.165) is 19.3 Å². The largest absolute Gasteiger partial charge is 1.00 e. The highest BCUT2D eigenvalue weighted by molar-refractivity contribution is 5.75. The molecule has 3 N–H and O–H groups in total. The summed E-state index contributed by atoms with van der Waals surface area (Å²) in [6.45, 7) is 4.51.